The van der Waals surface area contributed by atoms with E-state index in [2.05, 4.69) is 39.1 Å². The summed E-state index contributed by atoms with van der Waals surface area (Å²) in [5.74, 6) is 0.905. The summed E-state index contributed by atoms with van der Waals surface area (Å²) < 4.78 is 0. The molecule has 2 aliphatic rings. The monoisotopic (exact) mass is 320 g/mol. The topological polar surface area (TPSA) is 40.9 Å². The molecule has 1 aromatic heterocycles. The van der Waals surface area contributed by atoms with E-state index in [0.717, 1.165) is 18.0 Å². The molecule has 0 N–H and O–H groups in total. The predicted molar refractivity (Wildman–Crippen MR) is 94.6 cm³/mol. The summed E-state index contributed by atoms with van der Waals surface area (Å²) in [7, 11) is 0. The minimum Gasteiger partial charge on any atom is -0.318 e. The zero-order valence-corrected chi connectivity index (χ0v) is 13.3. The van der Waals surface area contributed by atoms with Crippen molar-refractivity contribution in [2.24, 2.45) is 9.98 Å². The number of aromatic nitrogens is 1. The van der Waals surface area contributed by atoms with Crippen molar-refractivity contribution in [3.8, 4) is 0 Å². The molecule has 114 valence electrons. The molecular formula is C18H16N4S. The van der Waals surface area contributed by atoms with Gasteiger partial charge in [0.15, 0.2) is 0 Å². The first kappa shape index (κ1) is 14.2. The molecule has 2 unspecified atom stereocenters. The second-order valence-electron chi connectivity index (χ2n) is 5.36. The van der Waals surface area contributed by atoms with Gasteiger partial charge in [-0.25, -0.2) is 0 Å². The van der Waals surface area contributed by atoms with Crippen LogP contribution in [-0.2, 0) is 0 Å². The zero-order valence-electron chi connectivity index (χ0n) is 12.5. The molecule has 5 heteroatoms. The molecule has 0 radical (unpaired) electrons. The average molecular weight is 320 g/mol. The first-order chi connectivity index (χ1) is 11.4. The van der Waals surface area contributed by atoms with Crippen LogP contribution in [0, 0.1) is 0 Å². The second kappa shape index (κ2) is 6.38. The van der Waals surface area contributed by atoms with Gasteiger partial charge in [0.25, 0.3) is 0 Å². The third-order valence-electron chi connectivity index (χ3n) is 3.84. The highest BCUT2D eigenvalue weighted by Crippen LogP contribution is 2.37. The summed E-state index contributed by atoms with van der Waals surface area (Å²) in [6, 6.07) is 16.6. The molecule has 2 atom stereocenters. The zero-order chi connectivity index (χ0) is 15.5. The lowest BCUT2D eigenvalue weighted by Crippen LogP contribution is -2.41. The number of fused-ring (bicyclic) bond motifs is 1. The number of hydrogen-bond acceptors (Lipinski definition) is 5. The van der Waals surface area contributed by atoms with Crippen molar-refractivity contribution in [1.29, 1.82) is 0 Å². The number of nitrogens with zero attached hydrogens (tertiary/aromatic N) is 4. The van der Waals surface area contributed by atoms with Gasteiger partial charge in [0.2, 0.25) is 0 Å². The fraction of sp³-hybridized carbons (Fsp3) is 0.167. The molecule has 0 fully saturated rings. The van der Waals surface area contributed by atoms with Gasteiger partial charge >= 0.3 is 0 Å². The van der Waals surface area contributed by atoms with Crippen molar-refractivity contribution in [3.63, 3.8) is 0 Å². The van der Waals surface area contributed by atoms with E-state index in [-0.39, 0.29) is 11.4 Å². The lowest BCUT2D eigenvalue weighted by atomic mass is 10.1. The Labute approximate surface area is 139 Å². The van der Waals surface area contributed by atoms with E-state index in [0.29, 0.717) is 0 Å². The highest BCUT2D eigenvalue weighted by Gasteiger charge is 2.31. The molecule has 0 saturated heterocycles. The highest BCUT2D eigenvalue weighted by molar-refractivity contribution is 8.00. The minimum absolute atomic E-state index is 0.0709. The Hall–Kier alpha value is -2.40. The molecular weight excluding hydrogens is 304 g/mol. The molecule has 0 amide bonds. The maximum absolute atomic E-state index is 4.83. The number of aliphatic imine (C=N–C) groups is 2. The van der Waals surface area contributed by atoms with E-state index in [4.69, 9.17) is 4.99 Å². The molecule has 0 aliphatic carbocycles. The van der Waals surface area contributed by atoms with Gasteiger partial charge in [-0.2, -0.15) is 0 Å². The van der Waals surface area contributed by atoms with E-state index in [1.807, 2.05) is 60.8 Å². The Kier molecular flexibility index (Phi) is 3.94. The summed E-state index contributed by atoms with van der Waals surface area (Å²) in [6.07, 6.45) is 8.40. The molecule has 1 aromatic carbocycles. The first-order valence-electron chi connectivity index (χ1n) is 7.59. The van der Waals surface area contributed by atoms with Crippen LogP contribution in [0.25, 0.3) is 0 Å². The predicted octanol–water partition coefficient (Wildman–Crippen LogP) is 3.90. The molecule has 0 spiro atoms. The van der Waals surface area contributed by atoms with Crippen LogP contribution in [-0.4, -0.2) is 27.3 Å². The van der Waals surface area contributed by atoms with E-state index < -0.39 is 0 Å². The molecule has 0 saturated carbocycles. The molecule has 2 aliphatic heterocycles. The SMILES string of the molecule is C1=CN2C(=NC(c3ccccn3)CC2Sc2ccccc2)C=N1. The maximum Gasteiger partial charge on any atom is 0.148 e. The number of hydrogen-bond donors (Lipinski definition) is 0. The van der Waals surface area contributed by atoms with Crippen molar-refractivity contribution in [2.45, 2.75) is 22.7 Å². The minimum atomic E-state index is 0.0709. The van der Waals surface area contributed by atoms with Gasteiger partial charge in [0, 0.05) is 29.9 Å². The van der Waals surface area contributed by atoms with Gasteiger partial charge in [0.1, 0.15) is 5.84 Å². The van der Waals surface area contributed by atoms with Crippen LogP contribution in [0.4, 0.5) is 0 Å². The third-order valence-corrected chi connectivity index (χ3v) is 5.07. The van der Waals surface area contributed by atoms with Crippen molar-refractivity contribution in [2.75, 3.05) is 0 Å². The lowest BCUT2D eigenvalue weighted by Gasteiger charge is -2.36. The Morgan fingerprint density at radius 3 is 2.74 bits per heavy atom. The largest absolute Gasteiger partial charge is 0.318 e. The molecule has 4 rings (SSSR count). The van der Waals surface area contributed by atoms with Gasteiger partial charge in [-0.1, -0.05) is 24.3 Å². The molecule has 4 nitrogen and oxygen atoms in total. The normalized spacial score (nSPS) is 22.6. The summed E-state index contributed by atoms with van der Waals surface area (Å²) in [6.45, 7) is 0. The summed E-state index contributed by atoms with van der Waals surface area (Å²) in [5.41, 5.74) is 1.02. The van der Waals surface area contributed by atoms with Crippen LogP contribution in [0.3, 0.4) is 0 Å². The van der Waals surface area contributed by atoms with Gasteiger partial charge in [-0.05, 0) is 24.3 Å². The first-order valence-corrected chi connectivity index (χ1v) is 8.47. The molecule has 0 bridgehead atoms. The Morgan fingerprint density at radius 2 is 1.91 bits per heavy atom. The van der Waals surface area contributed by atoms with Gasteiger partial charge in [-0.3, -0.25) is 15.0 Å². The Balaban J connectivity index is 1.65. The molecule has 3 heterocycles. The Bertz CT molecular complexity index is 755. The van der Waals surface area contributed by atoms with Gasteiger partial charge in [0.05, 0.1) is 23.3 Å². The summed E-state index contributed by atoms with van der Waals surface area (Å²) in [5, 5.41) is 0.278. The summed E-state index contributed by atoms with van der Waals surface area (Å²) >= 11 is 1.85. The number of thioether (sulfide) groups is 1. The van der Waals surface area contributed by atoms with Crippen LogP contribution in [0.15, 0.2) is 82.0 Å². The third kappa shape index (κ3) is 3.05. The van der Waals surface area contributed by atoms with Crippen molar-refractivity contribution in [1.82, 2.24) is 9.88 Å². The van der Waals surface area contributed by atoms with Crippen LogP contribution in [0.2, 0.25) is 0 Å². The summed E-state index contributed by atoms with van der Waals surface area (Å²) in [4.78, 5) is 17.0. The van der Waals surface area contributed by atoms with Crippen molar-refractivity contribution in [3.05, 3.63) is 72.8 Å². The Morgan fingerprint density at radius 1 is 1.04 bits per heavy atom. The van der Waals surface area contributed by atoms with E-state index in [9.17, 15) is 0 Å². The van der Waals surface area contributed by atoms with Gasteiger partial charge < -0.3 is 4.90 Å². The van der Waals surface area contributed by atoms with E-state index in [1.54, 1.807) is 0 Å². The maximum atomic E-state index is 4.83. The van der Waals surface area contributed by atoms with Gasteiger partial charge in [-0.15, -0.1) is 11.8 Å². The average Bonchev–Trinajstić information content (AvgIpc) is 2.63. The van der Waals surface area contributed by atoms with E-state index >= 15 is 0 Å². The van der Waals surface area contributed by atoms with Crippen molar-refractivity contribution < 1.29 is 0 Å². The number of pyridine rings is 1. The number of amidine groups is 1. The van der Waals surface area contributed by atoms with Crippen LogP contribution in [0.5, 0.6) is 0 Å². The van der Waals surface area contributed by atoms with Crippen molar-refractivity contribution >= 4 is 23.8 Å². The fourth-order valence-corrected chi connectivity index (χ4v) is 3.94. The quantitative estimate of drug-likeness (QED) is 0.861. The smallest absolute Gasteiger partial charge is 0.148 e. The van der Waals surface area contributed by atoms with Crippen LogP contribution in [0.1, 0.15) is 18.2 Å². The lowest BCUT2D eigenvalue weighted by molar-refractivity contribution is 0.421. The highest BCUT2D eigenvalue weighted by atomic mass is 32.2. The number of rotatable bonds is 3. The van der Waals surface area contributed by atoms with Crippen LogP contribution >= 0.6 is 11.8 Å². The van der Waals surface area contributed by atoms with E-state index in [1.165, 1.54) is 4.90 Å². The fourth-order valence-electron chi connectivity index (χ4n) is 2.74. The molecule has 2 aromatic rings. The number of benzene rings is 1. The molecule has 23 heavy (non-hydrogen) atoms. The second-order valence-corrected chi connectivity index (χ2v) is 6.61. The standard InChI is InChI=1S/C18H16N4S/c1-2-6-14(7-3-1)23-18-12-16(15-8-4-5-9-20-15)21-17-13-19-10-11-22(17)18/h1-11,13,16,18H,12H2. The van der Waals surface area contributed by atoms with Crippen LogP contribution < -0.4 is 0 Å².